The predicted octanol–water partition coefficient (Wildman–Crippen LogP) is 2.89. The minimum atomic E-state index is 0.207. The zero-order valence-corrected chi connectivity index (χ0v) is 17.5. The second kappa shape index (κ2) is 8.10. The molecule has 0 saturated heterocycles. The molecule has 0 spiro atoms. The number of nitrogens with two attached hydrogens (primary N) is 1. The molecule has 148 valence electrons. The largest absolute Gasteiger partial charge is 0.368 e. The molecule has 0 aliphatic heterocycles. The summed E-state index contributed by atoms with van der Waals surface area (Å²) in [7, 11) is 2.12. The van der Waals surface area contributed by atoms with Gasteiger partial charge in [-0.05, 0) is 37.6 Å². The zero-order valence-electron chi connectivity index (χ0n) is 16.7. The van der Waals surface area contributed by atoms with Crippen molar-refractivity contribution in [3.63, 3.8) is 0 Å². The Hall–Kier alpha value is -3.10. The third-order valence-electron chi connectivity index (χ3n) is 4.95. The number of thiazole rings is 1. The zero-order chi connectivity index (χ0) is 20.4. The van der Waals surface area contributed by atoms with Crippen molar-refractivity contribution in [2.24, 2.45) is 0 Å². The van der Waals surface area contributed by atoms with Gasteiger partial charge in [0.15, 0.2) is 10.8 Å². The molecule has 4 rings (SSSR count). The fourth-order valence-corrected chi connectivity index (χ4v) is 4.21. The van der Waals surface area contributed by atoms with Crippen LogP contribution in [0.5, 0.6) is 0 Å². The number of nitrogens with one attached hydrogen (secondary N) is 2. The van der Waals surface area contributed by atoms with Crippen LogP contribution >= 0.6 is 11.3 Å². The summed E-state index contributed by atoms with van der Waals surface area (Å²) >= 11 is 1.73. The van der Waals surface area contributed by atoms with Gasteiger partial charge in [0.2, 0.25) is 11.9 Å². The Bertz CT molecular complexity index is 1110. The molecule has 1 unspecified atom stereocenters. The Morgan fingerprint density at radius 2 is 1.79 bits per heavy atom. The van der Waals surface area contributed by atoms with E-state index in [4.69, 9.17) is 10.7 Å². The number of rotatable bonds is 6. The van der Waals surface area contributed by atoms with Crippen LogP contribution in [0.15, 0.2) is 48.5 Å². The summed E-state index contributed by atoms with van der Waals surface area (Å²) in [4.78, 5) is 19.2. The van der Waals surface area contributed by atoms with Crippen molar-refractivity contribution in [2.45, 2.75) is 26.4 Å². The molecule has 0 fully saturated rings. The van der Waals surface area contributed by atoms with Gasteiger partial charge in [-0.3, -0.25) is 0 Å². The van der Waals surface area contributed by atoms with E-state index in [1.165, 1.54) is 9.60 Å². The normalized spacial score (nSPS) is 13.3. The highest BCUT2D eigenvalue weighted by molar-refractivity contribution is 7.18. The summed E-state index contributed by atoms with van der Waals surface area (Å²) < 4.78 is 1.20. The number of para-hydroxylation sites is 2. The molecule has 4 aromatic rings. The average molecular weight is 407 g/mol. The first-order valence-electron chi connectivity index (χ1n) is 9.50. The number of nitrogens with zero attached hydrogens (tertiary/aromatic N) is 4. The molecule has 2 heterocycles. The standard InChI is InChI=1S/C21H23N7S/c1-13-8-4-5-9-15(13)24-21-26-18(25-20(22)27-21)12-28(3)14(2)19-23-16-10-6-7-11-17(16)29-19/h4-11,14H,12H2,1-3H3,(H3,22,24,25,26,27)/p+1/t14-/m1/s1. The van der Waals surface area contributed by atoms with Gasteiger partial charge in [-0.15, -0.1) is 11.3 Å². The van der Waals surface area contributed by atoms with Gasteiger partial charge in [-0.1, -0.05) is 30.3 Å². The van der Waals surface area contributed by atoms with Crippen LogP contribution in [0.2, 0.25) is 0 Å². The first-order valence-corrected chi connectivity index (χ1v) is 10.3. The van der Waals surface area contributed by atoms with Crippen LogP contribution in [0.3, 0.4) is 0 Å². The summed E-state index contributed by atoms with van der Waals surface area (Å²) in [6.07, 6.45) is 0. The number of nitrogen functional groups attached to an aromatic ring is 1. The summed E-state index contributed by atoms with van der Waals surface area (Å²) in [5, 5.41) is 4.34. The number of hydrogen-bond acceptors (Lipinski definition) is 7. The molecule has 4 N–H and O–H groups in total. The monoisotopic (exact) mass is 406 g/mol. The van der Waals surface area contributed by atoms with Crippen molar-refractivity contribution < 1.29 is 4.90 Å². The molecule has 0 radical (unpaired) electrons. The molecule has 2 aromatic heterocycles. The Morgan fingerprint density at radius 3 is 2.59 bits per heavy atom. The number of benzene rings is 2. The van der Waals surface area contributed by atoms with Crippen LogP contribution in [0.1, 0.15) is 29.4 Å². The lowest BCUT2D eigenvalue weighted by molar-refractivity contribution is -0.924. The second-order valence-electron chi connectivity index (χ2n) is 7.14. The minimum Gasteiger partial charge on any atom is -0.368 e. The van der Waals surface area contributed by atoms with Gasteiger partial charge in [-0.2, -0.15) is 15.0 Å². The van der Waals surface area contributed by atoms with Gasteiger partial charge in [0.1, 0.15) is 12.6 Å². The molecular formula is C21H24N7S+. The number of quaternary nitrogens is 1. The SMILES string of the molecule is Cc1ccccc1Nc1nc(N)nc(C[NH+](C)[C@H](C)c2nc3ccccc3s2)n1. The number of hydrogen-bond donors (Lipinski definition) is 3. The summed E-state index contributed by atoms with van der Waals surface area (Å²) in [6, 6.07) is 16.4. The van der Waals surface area contributed by atoms with E-state index in [1.54, 1.807) is 11.3 Å². The van der Waals surface area contributed by atoms with Crippen LogP contribution in [0.25, 0.3) is 10.2 Å². The number of anilines is 3. The van der Waals surface area contributed by atoms with E-state index in [-0.39, 0.29) is 12.0 Å². The maximum absolute atomic E-state index is 5.94. The first-order chi connectivity index (χ1) is 14.0. The smallest absolute Gasteiger partial charge is 0.232 e. The molecule has 0 aliphatic carbocycles. The van der Waals surface area contributed by atoms with Crippen molar-refractivity contribution in [2.75, 3.05) is 18.1 Å². The van der Waals surface area contributed by atoms with Gasteiger partial charge >= 0.3 is 0 Å². The quantitative estimate of drug-likeness (QED) is 0.456. The van der Waals surface area contributed by atoms with E-state index in [0.29, 0.717) is 18.3 Å². The third-order valence-corrected chi connectivity index (χ3v) is 6.17. The van der Waals surface area contributed by atoms with Crippen LogP contribution in [-0.2, 0) is 6.54 Å². The Morgan fingerprint density at radius 1 is 1.03 bits per heavy atom. The molecule has 0 bridgehead atoms. The van der Waals surface area contributed by atoms with Crippen LogP contribution in [0.4, 0.5) is 17.6 Å². The molecule has 2 aromatic carbocycles. The van der Waals surface area contributed by atoms with Crippen LogP contribution < -0.4 is 16.0 Å². The molecule has 0 saturated carbocycles. The maximum atomic E-state index is 5.94. The predicted molar refractivity (Wildman–Crippen MR) is 117 cm³/mol. The topological polar surface area (TPSA) is 94.0 Å². The number of fused-ring (bicyclic) bond motifs is 1. The van der Waals surface area contributed by atoms with Gasteiger partial charge in [-0.25, -0.2) is 4.98 Å². The van der Waals surface area contributed by atoms with Crippen molar-refractivity contribution >= 4 is 39.1 Å². The van der Waals surface area contributed by atoms with Crippen molar-refractivity contribution in [3.8, 4) is 0 Å². The van der Waals surface area contributed by atoms with Crippen LogP contribution in [0, 0.1) is 6.92 Å². The minimum absolute atomic E-state index is 0.207. The van der Waals surface area contributed by atoms with E-state index in [1.807, 2.05) is 49.4 Å². The lowest BCUT2D eigenvalue weighted by atomic mass is 10.2. The lowest BCUT2D eigenvalue weighted by Gasteiger charge is -2.19. The van der Waals surface area contributed by atoms with Crippen molar-refractivity contribution in [3.05, 3.63) is 64.9 Å². The van der Waals surface area contributed by atoms with Gasteiger partial charge in [0.05, 0.1) is 17.3 Å². The highest BCUT2D eigenvalue weighted by atomic mass is 32.1. The van der Waals surface area contributed by atoms with E-state index in [0.717, 1.165) is 21.8 Å². The Labute approximate surface area is 173 Å². The van der Waals surface area contributed by atoms with E-state index < -0.39 is 0 Å². The average Bonchev–Trinajstić information content (AvgIpc) is 3.13. The van der Waals surface area contributed by atoms with E-state index >= 15 is 0 Å². The summed E-state index contributed by atoms with van der Waals surface area (Å²) in [6.45, 7) is 4.82. The molecule has 7 nitrogen and oxygen atoms in total. The lowest BCUT2D eigenvalue weighted by Crippen LogP contribution is -3.07. The molecule has 0 aliphatic rings. The van der Waals surface area contributed by atoms with Crippen molar-refractivity contribution in [1.82, 2.24) is 19.9 Å². The first kappa shape index (κ1) is 19.2. The molecular weight excluding hydrogens is 382 g/mol. The fourth-order valence-electron chi connectivity index (χ4n) is 3.10. The van der Waals surface area contributed by atoms with Crippen molar-refractivity contribution in [1.29, 1.82) is 0 Å². The molecule has 0 amide bonds. The van der Waals surface area contributed by atoms with Gasteiger partial charge in [0, 0.05) is 5.69 Å². The third kappa shape index (κ3) is 4.33. The number of aromatic nitrogens is 4. The highest BCUT2D eigenvalue weighted by Crippen LogP contribution is 2.25. The Kier molecular flexibility index (Phi) is 5.37. The van der Waals surface area contributed by atoms with E-state index in [9.17, 15) is 0 Å². The van der Waals surface area contributed by atoms with Gasteiger partial charge < -0.3 is 16.0 Å². The Balaban J connectivity index is 1.52. The number of aryl methyl sites for hydroxylation is 1. The van der Waals surface area contributed by atoms with Gasteiger partial charge in [0.25, 0.3) is 0 Å². The van der Waals surface area contributed by atoms with E-state index in [2.05, 4.69) is 40.3 Å². The maximum Gasteiger partial charge on any atom is 0.232 e. The molecule has 2 atom stereocenters. The fraction of sp³-hybridized carbons (Fsp3) is 0.238. The second-order valence-corrected chi connectivity index (χ2v) is 8.20. The summed E-state index contributed by atoms with van der Waals surface area (Å²) in [5.74, 6) is 1.33. The highest BCUT2D eigenvalue weighted by Gasteiger charge is 2.21. The molecule has 8 heteroatoms. The van der Waals surface area contributed by atoms with Crippen LogP contribution in [-0.4, -0.2) is 27.0 Å². The molecule has 29 heavy (non-hydrogen) atoms. The summed E-state index contributed by atoms with van der Waals surface area (Å²) in [5.41, 5.74) is 9.05.